The Kier molecular flexibility index (Phi) is 4.81. The number of halogens is 1. The highest BCUT2D eigenvalue weighted by molar-refractivity contribution is 6.31. The monoisotopic (exact) mass is 244 g/mol. The third kappa shape index (κ3) is 2.98. The first kappa shape index (κ1) is 13.5. The van der Waals surface area contributed by atoms with Gasteiger partial charge in [-0.2, -0.15) is 5.10 Å². The van der Waals surface area contributed by atoms with Crippen LogP contribution in [0, 0.1) is 12.8 Å². The highest BCUT2D eigenvalue weighted by Crippen LogP contribution is 2.22. The maximum Gasteiger partial charge on any atom is 0.0847 e. The minimum atomic E-state index is -0.267. The lowest BCUT2D eigenvalue weighted by molar-refractivity contribution is 0.116. The van der Waals surface area contributed by atoms with Gasteiger partial charge >= 0.3 is 0 Å². The second-order valence-electron chi connectivity index (χ2n) is 4.51. The first-order valence-electron chi connectivity index (χ1n) is 5.87. The summed E-state index contributed by atoms with van der Waals surface area (Å²) in [5.74, 6) is 0.290. The average Bonchev–Trinajstić information content (AvgIpc) is 2.51. The molecule has 92 valence electrons. The summed E-state index contributed by atoms with van der Waals surface area (Å²) in [6.45, 7) is 8.83. The van der Waals surface area contributed by atoms with E-state index in [1.807, 2.05) is 32.4 Å². The van der Waals surface area contributed by atoms with Crippen molar-refractivity contribution in [2.24, 2.45) is 5.92 Å². The van der Waals surface area contributed by atoms with Crippen molar-refractivity contribution in [3.63, 3.8) is 0 Å². The molecule has 0 saturated carbocycles. The average molecular weight is 245 g/mol. The van der Waals surface area contributed by atoms with E-state index in [0.717, 1.165) is 35.8 Å². The molecule has 1 rings (SSSR count). The summed E-state index contributed by atoms with van der Waals surface area (Å²) in [5.41, 5.74) is 1.92. The van der Waals surface area contributed by atoms with Crippen molar-refractivity contribution >= 4 is 11.6 Å². The molecule has 4 heteroatoms. The molecule has 1 unspecified atom stereocenters. The van der Waals surface area contributed by atoms with Crippen molar-refractivity contribution in [3.8, 4) is 0 Å². The molecule has 1 atom stereocenters. The van der Waals surface area contributed by atoms with Crippen LogP contribution in [0.3, 0.4) is 0 Å². The van der Waals surface area contributed by atoms with Crippen LogP contribution in [0.15, 0.2) is 0 Å². The van der Waals surface area contributed by atoms with E-state index in [1.54, 1.807) is 0 Å². The topological polar surface area (TPSA) is 38.0 Å². The van der Waals surface area contributed by atoms with E-state index in [9.17, 15) is 5.11 Å². The smallest absolute Gasteiger partial charge is 0.0847 e. The highest BCUT2D eigenvalue weighted by atomic mass is 35.5. The number of aryl methyl sites for hydroxylation is 2. The molecule has 0 radical (unpaired) electrons. The van der Waals surface area contributed by atoms with Gasteiger partial charge in [-0.15, -0.1) is 0 Å². The first-order valence-corrected chi connectivity index (χ1v) is 6.25. The van der Waals surface area contributed by atoms with Crippen molar-refractivity contribution in [2.75, 3.05) is 0 Å². The number of nitrogens with zero attached hydrogens (tertiary/aromatic N) is 2. The van der Waals surface area contributed by atoms with E-state index in [4.69, 9.17) is 11.6 Å². The lowest BCUT2D eigenvalue weighted by atomic mass is 10.0. The molecule has 0 saturated heterocycles. The van der Waals surface area contributed by atoms with Crippen LogP contribution in [-0.2, 0) is 13.0 Å². The Balaban J connectivity index is 2.73. The van der Waals surface area contributed by atoms with Crippen molar-refractivity contribution in [3.05, 3.63) is 16.4 Å². The summed E-state index contributed by atoms with van der Waals surface area (Å²) in [6, 6.07) is 0. The molecule has 1 heterocycles. The van der Waals surface area contributed by atoms with Crippen molar-refractivity contribution < 1.29 is 5.11 Å². The van der Waals surface area contributed by atoms with E-state index < -0.39 is 0 Å². The number of hydrogen-bond donors (Lipinski definition) is 1. The molecule has 0 aliphatic rings. The Bertz CT molecular complexity index is 347. The minimum absolute atomic E-state index is 0.267. The molecule has 1 N–H and O–H groups in total. The molecular formula is C12H21ClN2O. The van der Waals surface area contributed by atoms with E-state index in [0.29, 0.717) is 0 Å². The van der Waals surface area contributed by atoms with Crippen molar-refractivity contribution in [1.29, 1.82) is 0 Å². The number of hydrogen-bond acceptors (Lipinski definition) is 2. The molecule has 1 aromatic heterocycles. The molecule has 0 spiro atoms. The van der Waals surface area contributed by atoms with Crippen LogP contribution >= 0.6 is 11.6 Å². The van der Waals surface area contributed by atoms with Gasteiger partial charge in [0.25, 0.3) is 0 Å². The molecular weight excluding hydrogens is 224 g/mol. The van der Waals surface area contributed by atoms with Gasteiger partial charge in [-0.1, -0.05) is 25.4 Å². The number of aromatic nitrogens is 2. The lowest BCUT2D eigenvalue weighted by Gasteiger charge is -2.14. The van der Waals surface area contributed by atoms with Gasteiger partial charge in [0.05, 0.1) is 22.5 Å². The zero-order chi connectivity index (χ0) is 12.3. The van der Waals surface area contributed by atoms with Crippen LogP contribution in [0.2, 0.25) is 5.02 Å². The van der Waals surface area contributed by atoms with E-state index >= 15 is 0 Å². The van der Waals surface area contributed by atoms with Crippen LogP contribution in [0.1, 0.15) is 38.6 Å². The predicted molar refractivity (Wildman–Crippen MR) is 66.8 cm³/mol. The molecule has 0 aromatic carbocycles. The van der Waals surface area contributed by atoms with Crippen LogP contribution in [0.4, 0.5) is 0 Å². The minimum Gasteiger partial charge on any atom is -0.393 e. The van der Waals surface area contributed by atoms with E-state index in [2.05, 4.69) is 5.10 Å². The molecule has 1 aromatic rings. The summed E-state index contributed by atoms with van der Waals surface area (Å²) >= 11 is 6.19. The molecule has 0 bridgehead atoms. The Morgan fingerprint density at radius 1 is 1.44 bits per heavy atom. The van der Waals surface area contributed by atoms with Gasteiger partial charge in [0.1, 0.15) is 0 Å². The normalized spacial score (nSPS) is 13.4. The van der Waals surface area contributed by atoms with Gasteiger partial charge in [-0.05, 0) is 32.6 Å². The number of rotatable bonds is 5. The standard InChI is InChI=1S/C12H21ClN2O/c1-5-15-10(12(13)9(4)14-15)6-7-11(16)8(2)3/h8,11,16H,5-7H2,1-4H3. The summed E-state index contributed by atoms with van der Waals surface area (Å²) in [7, 11) is 0. The maximum absolute atomic E-state index is 9.78. The van der Waals surface area contributed by atoms with Gasteiger partial charge in [0.2, 0.25) is 0 Å². The van der Waals surface area contributed by atoms with Crippen LogP contribution < -0.4 is 0 Å². The predicted octanol–water partition coefficient (Wildman–Crippen LogP) is 2.81. The Labute approximate surface area is 102 Å². The fourth-order valence-corrected chi connectivity index (χ4v) is 1.96. The largest absolute Gasteiger partial charge is 0.393 e. The van der Waals surface area contributed by atoms with Crippen LogP contribution in [0.5, 0.6) is 0 Å². The van der Waals surface area contributed by atoms with Gasteiger partial charge in [-0.3, -0.25) is 4.68 Å². The highest BCUT2D eigenvalue weighted by Gasteiger charge is 2.15. The zero-order valence-electron chi connectivity index (χ0n) is 10.5. The molecule has 16 heavy (non-hydrogen) atoms. The van der Waals surface area contributed by atoms with Crippen LogP contribution in [-0.4, -0.2) is 21.0 Å². The van der Waals surface area contributed by atoms with Gasteiger partial charge in [-0.25, -0.2) is 0 Å². The second kappa shape index (κ2) is 5.69. The van der Waals surface area contributed by atoms with Crippen molar-refractivity contribution in [1.82, 2.24) is 9.78 Å². The van der Waals surface area contributed by atoms with E-state index in [1.165, 1.54) is 0 Å². The molecule has 0 amide bonds. The number of aliphatic hydroxyl groups excluding tert-OH is 1. The van der Waals surface area contributed by atoms with E-state index in [-0.39, 0.29) is 12.0 Å². The van der Waals surface area contributed by atoms with Gasteiger partial charge in [0, 0.05) is 6.54 Å². The quantitative estimate of drug-likeness (QED) is 0.865. The summed E-state index contributed by atoms with van der Waals surface area (Å²) in [6.07, 6.45) is 1.26. The fraction of sp³-hybridized carbons (Fsp3) is 0.750. The maximum atomic E-state index is 9.78. The summed E-state index contributed by atoms with van der Waals surface area (Å²) < 4.78 is 1.92. The zero-order valence-corrected chi connectivity index (χ0v) is 11.3. The third-order valence-electron chi connectivity index (χ3n) is 2.90. The SMILES string of the molecule is CCn1nc(C)c(Cl)c1CCC(O)C(C)C. The molecule has 3 nitrogen and oxygen atoms in total. The Morgan fingerprint density at radius 2 is 2.06 bits per heavy atom. The van der Waals surface area contributed by atoms with Gasteiger partial charge < -0.3 is 5.11 Å². The lowest BCUT2D eigenvalue weighted by Crippen LogP contribution is -2.16. The summed E-state index contributed by atoms with van der Waals surface area (Å²) in [4.78, 5) is 0. The molecule has 0 aliphatic heterocycles. The molecule has 0 fully saturated rings. The summed E-state index contributed by atoms with van der Waals surface area (Å²) in [5, 5.41) is 14.9. The van der Waals surface area contributed by atoms with Gasteiger partial charge in [0.15, 0.2) is 0 Å². The Morgan fingerprint density at radius 3 is 2.56 bits per heavy atom. The molecule has 0 aliphatic carbocycles. The second-order valence-corrected chi connectivity index (χ2v) is 4.89. The third-order valence-corrected chi connectivity index (χ3v) is 3.39. The number of aliphatic hydroxyl groups is 1. The van der Waals surface area contributed by atoms with Crippen LogP contribution in [0.25, 0.3) is 0 Å². The fourth-order valence-electron chi connectivity index (χ4n) is 1.73. The first-order chi connectivity index (χ1) is 7.47. The van der Waals surface area contributed by atoms with Crippen molar-refractivity contribution in [2.45, 2.75) is 53.2 Å². The Hall–Kier alpha value is -0.540.